The Bertz CT molecular complexity index is 1320. The Morgan fingerprint density at radius 3 is 0.610 bits per heavy atom. The summed E-state index contributed by atoms with van der Waals surface area (Å²) in [7, 11) is 0. The van der Waals surface area contributed by atoms with Crippen LogP contribution in [0.2, 0.25) is 0 Å². The Kier molecular flexibility index (Phi) is 69.5. The standard InChI is InChI=1S/C76H144O6/c1-4-7-10-13-16-19-22-25-28-31-34-36-38-40-42-45-48-51-54-57-60-63-66-69-75(78)81-72-73(71-80-74(77)68-65-62-59-56-53-50-47-44-33-30-27-24-21-18-15-12-9-6-3)82-76(79)70-67-64-61-58-55-52-49-46-43-41-39-37-35-32-29-26-23-20-17-14-11-8-5-2/h30-31,33-34,73H,4-29,32,35-72H2,1-3H3/b33-30-,34-31-. The van der Waals surface area contributed by atoms with Crippen molar-refractivity contribution >= 4 is 17.9 Å². The van der Waals surface area contributed by atoms with Crippen LogP contribution in [0, 0.1) is 0 Å². The van der Waals surface area contributed by atoms with Crippen molar-refractivity contribution in [3.05, 3.63) is 24.3 Å². The minimum absolute atomic E-state index is 0.0672. The number of hydrogen-bond donors (Lipinski definition) is 0. The molecule has 0 aliphatic rings. The molecule has 0 heterocycles. The molecule has 0 amide bonds. The van der Waals surface area contributed by atoms with E-state index in [2.05, 4.69) is 45.1 Å². The molecule has 1 unspecified atom stereocenters. The van der Waals surface area contributed by atoms with Gasteiger partial charge >= 0.3 is 17.9 Å². The highest BCUT2D eigenvalue weighted by molar-refractivity contribution is 5.71. The highest BCUT2D eigenvalue weighted by Crippen LogP contribution is 2.19. The van der Waals surface area contributed by atoms with Crippen LogP contribution in [0.4, 0.5) is 0 Å². The van der Waals surface area contributed by atoms with Gasteiger partial charge in [0.25, 0.3) is 0 Å². The minimum Gasteiger partial charge on any atom is -0.462 e. The average molecular weight is 1150 g/mol. The molecule has 0 aromatic heterocycles. The maximum atomic E-state index is 13.0. The third-order valence-electron chi connectivity index (χ3n) is 17.2. The molecular formula is C76H144O6. The number of carbonyl (C=O) groups excluding carboxylic acids is 3. The molecule has 0 saturated heterocycles. The molecule has 6 nitrogen and oxygen atoms in total. The predicted octanol–water partition coefficient (Wildman–Crippen LogP) is 25.7. The molecule has 0 N–H and O–H groups in total. The van der Waals surface area contributed by atoms with Crippen molar-refractivity contribution in [2.24, 2.45) is 0 Å². The number of esters is 3. The first kappa shape index (κ1) is 79.9. The van der Waals surface area contributed by atoms with Crippen LogP contribution in [0.1, 0.15) is 425 Å². The number of hydrogen-bond acceptors (Lipinski definition) is 6. The van der Waals surface area contributed by atoms with Gasteiger partial charge in [0.05, 0.1) is 0 Å². The molecule has 0 aromatic rings. The third kappa shape index (κ3) is 68.7. The molecule has 0 aliphatic carbocycles. The van der Waals surface area contributed by atoms with Gasteiger partial charge in [-0.1, -0.05) is 360 Å². The smallest absolute Gasteiger partial charge is 0.306 e. The van der Waals surface area contributed by atoms with E-state index >= 15 is 0 Å². The van der Waals surface area contributed by atoms with Crippen LogP contribution in [0.5, 0.6) is 0 Å². The molecule has 0 saturated carbocycles. The fourth-order valence-corrected chi connectivity index (χ4v) is 11.6. The molecule has 484 valence electrons. The Morgan fingerprint density at radius 2 is 0.402 bits per heavy atom. The quantitative estimate of drug-likeness (QED) is 0.0261. The fourth-order valence-electron chi connectivity index (χ4n) is 11.6. The summed E-state index contributed by atoms with van der Waals surface area (Å²) in [6.45, 7) is 6.73. The number of unbranched alkanes of at least 4 members (excludes halogenated alkanes) is 55. The van der Waals surface area contributed by atoms with Crippen molar-refractivity contribution in [3.8, 4) is 0 Å². The van der Waals surface area contributed by atoms with Crippen LogP contribution in [-0.4, -0.2) is 37.2 Å². The molecule has 1 atom stereocenters. The van der Waals surface area contributed by atoms with Gasteiger partial charge in [-0.2, -0.15) is 0 Å². The van der Waals surface area contributed by atoms with Crippen molar-refractivity contribution in [2.75, 3.05) is 13.2 Å². The van der Waals surface area contributed by atoms with Crippen LogP contribution in [0.25, 0.3) is 0 Å². The second-order valence-corrected chi connectivity index (χ2v) is 25.6. The summed E-state index contributed by atoms with van der Waals surface area (Å²) in [6.07, 6.45) is 87.9. The van der Waals surface area contributed by atoms with Crippen molar-refractivity contribution in [2.45, 2.75) is 431 Å². The number of allylic oxidation sites excluding steroid dienone is 4. The zero-order chi connectivity index (χ0) is 59.2. The lowest BCUT2D eigenvalue weighted by Crippen LogP contribution is -2.30. The second kappa shape index (κ2) is 71.4. The maximum Gasteiger partial charge on any atom is 0.306 e. The van der Waals surface area contributed by atoms with Crippen LogP contribution >= 0.6 is 0 Å². The average Bonchev–Trinajstić information content (AvgIpc) is 3.47. The Labute approximate surface area is 513 Å². The van der Waals surface area contributed by atoms with Crippen LogP contribution in [-0.2, 0) is 28.6 Å². The summed E-state index contributed by atoms with van der Waals surface area (Å²) in [6, 6.07) is 0. The van der Waals surface area contributed by atoms with Gasteiger partial charge in [-0.15, -0.1) is 0 Å². The van der Waals surface area contributed by atoms with E-state index < -0.39 is 6.10 Å². The molecule has 0 bridgehead atoms. The first-order chi connectivity index (χ1) is 40.5. The molecule has 82 heavy (non-hydrogen) atoms. The summed E-state index contributed by atoms with van der Waals surface area (Å²) in [4.78, 5) is 38.5. The van der Waals surface area contributed by atoms with Gasteiger partial charge in [0, 0.05) is 19.3 Å². The van der Waals surface area contributed by atoms with Gasteiger partial charge in [0.15, 0.2) is 6.10 Å². The first-order valence-electron chi connectivity index (χ1n) is 37.3. The summed E-state index contributed by atoms with van der Waals surface area (Å²) in [5.74, 6) is -0.836. The molecule has 0 spiro atoms. The Morgan fingerprint density at radius 1 is 0.232 bits per heavy atom. The summed E-state index contributed by atoms with van der Waals surface area (Å²) < 4.78 is 17.0. The lowest BCUT2D eigenvalue weighted by atomic mass is 10.0. The van der Waals surface area contributed by atoms with E-state index in [0.717, 1.165) is 57.8 Å². The predicted molar refractivity (Wildman–Crippen MR) is 358 cm³/mol. The van der Waals surface area contributed by atoms with Gasteiger partial charge < -0.3 is 14.2 Å². The molecule has 0 radical (unpaired) electrons. The summed E-state index contributed by atoms with van der Waals surface area (Å²) >= 11 is 0. The summed E-state index contributed by atoms with van der Waals surface area (Å²) in [5.41, 5.74) is 0. The molecular weight excluding hydrogens is 1010 g/mol. The maximum absolute atomic E-state index is 13.0. The fraction of sp³-hybridized carbons (Fsp3) is 0.908. The van der Waals surface area contributed by atoms with Crippen LogP contribution in [0.15, 0.2) is 24.3 Å². The van der Waals surface area contributed by atoms with Crippen molar-refractivity contribution in [1.29, 1.82) is 0 Å². The lowest BCUT2D eigenvalue weighted by molar-refractivity contribution is -0.167. The monoisotopic (exact) mass is 1150 g/mol. The highest BCUT2D eigenvalue weighted by Gasteiger charge is 2.20. The zero-order valence-electron chi connectivity index (χ0n) is 55.8. The Balaban J connectivity index is 4.29. The van der Waals surface area contributed by atoms with E-state index in [0.29, 0.717) is 19.3 Å². The lowest BCUT2D eigenvalue weighted by Gasteiger charge is -2.18. The molecule has 0 aliphatic heterocycles. The third-order valence-corrected chi connectivity index (χ3v) is 17.2. The van der Waals surface area contributed by atoms with Gasteiger partial charge in [0.1, 0.15) is 13.2 Å². The minimum atomic E-state index is -0.772. The van der Waals surface area contributed by atoms with Crippen molar-refractivity contribution in [1.82, 2.24) is 0 Å². The molecule has 6 heteroatoms. The zero-order valence-corrected chi connectivity index (χ0v) is 55.8. The van der Waals surface area contributed by atoms with Gasteiger partial charge in [-0.05, 0) is 70.6 Å². The normalized spacial score (nSPS) is 12.1. The first-order valence-corrected chi connectivity index (χ1v) is 37.3. The second-order valence-electron chi connectivity index (χ2n) is 25.6. The van der Waals surface area contributed by atoms with E-state index in [4.69, 9.17) is 14.2 Å². The van der Waals surface area contributed by atoms with E-state index in [1.807, 2.05) is 0 Å². The topological polar surface area (TPSA) is 78.9 Å². The summed E-state index contributed by atoms with van der Waals surface area (Å²) in [5, 5.41) is 0. The van der Waals surface area contributed by atoms with Gasteiger partial charge in [0.2, 0.25) is 0 Å². The largest absolute Gasteiger partial charge is 0.462 e. The highest BCUT2D eigenvalue weighted by atomic mass is 16.6. The van der Waals surface area contributed by atoms with E-state index in [-0.39, 0.29) is 31.1 Å². The molecule has 0 fully saturated rings. The Hall–Kier alpha value is -2.11. The molecule has 0 rings (SSSR count). The van der Waals surface area contributed by atoms with Gasteiger partial charge in [-0.3, -0.25) is 14.4 Å². The number of rotatable bonds is 70. The van der Waals surface area contributed by atoms with Crippen molar-refractivity contribution < 1.29 is 28.6 Å². The van der Waals surface area contributed by atoms with Crippen LogP contribution < -0.4 is 0 Å². The van der Waals surface area contributed by atoms with E-state index in [1.54, 1.807) is 0 Å². The van der Waals surface area contributed by atoms with Crippen molar-refractivity contribution in [3.63, 3.8) is 0 Å². The SMILES string of the molecule is CCCCCCCCC/C=C\CCCCCCCCCC(=O)OCC(COC(=O)CCCCCCCCCCCCC/C=C\CCCCCCCCCC)OC(=O)CCCCCCCCCCCCCCCCCCCCCCCCC. The molecule has 0 aromatic carbocycles. The van der Waals surface area contributed by atoms with E-state index in [9.17, 15) is 14.4 Å². The van der Waals surface area contributed by atoms with Crippen LogP contribution in [0.3, 0.4) is 0 Å². The van der Waals surface area contributed by atoms with E-state index in [1.165, 1.54) is 327 Å². The van der Waals surface area contributed by atoms with Gasteiger partial charge in [-0.25, -0.2) is 0 Å². The number of carbonyl (C=O) groups is 3. The number of ether oxygens (including phenoxy) is 3.